The Morgan fingerprint density at radius 1 is 1.11 bits per heavy atom. The van der Waals surface area contributed by atoms with Crippen molar-refractivity contribution in [3.63, 3.8) is 0 Å². The first-order valence-corrected chi connectivity index (χ1v) is 9.16. The molecule has 0 aliphatic heterocycles. The van der Waals surface area contributed by atoms with Crippen LogP contribution in [0.4, 0.5) is 14.5 Å². The maximum absolute atomic E-state index is 13.6. The number of esters is 1. The zero-order valence-electron chi connectivity index (χ0n) is 15.0. The third-order valence-electron chi connectivity index (χ3n) is 3.86. The van der Waals surface area contributed by atoms with E-state index in [-0.39, 0.29) is 16.4 Å². The zero-order chi connectivity index (χ0) is 20.3. The summed E-state index contributed by atoms with van der Waals surface area (Å²) in [6, 6.07) is 11.4. The average Bonchev–Trinajstić information content (AvgIpc) is 3.06. The minimum atomic E-state index is -1.14. The van der Waals surface area contributed by atoms with Gasteiger partial charge in [-0.2, -0.15) is 0 Å². The van der Waals surface area contributed by atoms with E-state index in [4.69, 9.17) is 4.74 Å². The number of carbonyl (C=O) groups excluding carboxylic acids is 2. The summed E-state index contributed by atoms with van der Waals surface area (Å²) in [7, 11) is 0. The Kier molecular flexibility index (Phi) is 5.79. The lowest BCUT2D eigenvalue weighted by molar-refractivity contribution is -0.123. The molecule has 0 spiro atoms. The number of ether oxygens (including phenoxy) is 1. The number of hydrogen-bond acceptors (Lipinski definition) is 5. The molecule has 0 unspecified atom stereocenters. The lowest BCUT2D eigenvalue weighted by Crippen LogP contribution is -2.30. The van der Waals surface area contributed by atoms with Crippen LogP contribution >= 0.6 is 11.3 Å². The summed E-state index contributed by atoms with van der Waals surface area (Å²) >= 11 is 1.09. The maximum Gasteiger partial charge on any atom is 0.351 e. The molecule has 0 aliphatic rings. The highest BCUT2D eigenvalue weighted by molar-refractivity contribution is 7.17. The van der Waals surface area contributed by atoms with E-state index in [1.165, 1.54) is 37.3 Å². The lowest BCUT2D eigenvalue weighted by atomic mass is 10.2. The average molecular weight is 402 g/mol. The predicted octanol–water partition coefficient (Wildman–Crippen LogP) is 4.58. The lowest BCUT2D eigenvalue weighted by Gasteiger charge is -2.13. The van der Waals surface area contributed by atoms with Crippen LogP contribution in [0.5, 0.6) is 0 Å². The van der Waals surface area contributed by atoms with Gasteiger partial charge in [-0.25, -0.2) is 18.6 Å². The van der Waals surface area contributed by atoms with Gasteiger partial charge in [-0.15, -0.1) is 11.3 Å². The van der Waals surface area contributed by atoms with Crippen molar-refractivity contribution >= 4 is 28.9 Å². The topological polar surface area (TPSA) is 68.3 Å². The van der Waals surface area contributed by atoms with Gasteiger partial charge in [-0.1, -0.05) is 12.1 Å². The second kappa shape index (κ2) is 8.26. The summed E-state index contributed by atoms with van der Waals surface area (Å²) in [5, 5.41) is 2.91. The number of para-hydroxylation sites is 1. The number of rotatable bonds is 5. The van der Waals surface area contributed by atoms with E-state index in [2.05, 4.69) is 10.3 Å². The molecule has 1 aromatic heterocycles. The van der Waals surface area contributed by atoms with Gasteiger partial charge in [0.1, 0.15) is 21.5 Å². The van der Waals surface area contributed by atoms with Crippen LogP contribution in [0.1, 0.15) is 22.3 Å². The molecule has 0 saturated carbocycles. The molecular weight excluding hydrogens is 386 g/mol. The second-order valence-electron chi connectivity index (χ2n) is 5.96. The highest BCUT2D eigenvalue weighted by Crippen LogP contribution is 2.29. The van der Waals surface area contributed by atoms with Crippen LogP contribution in [-0.4, -0.2) is 23.0 Å². The van der Waals surface area contributed by atoms with Gasteiger partial charge in [0.2, 0.25) is 0 Å². The molecule has 8 heteroatoms. The molecule has 5 nitrogen and oxygen atoms in total. The molecular formula is C20H16F2N2O3S. The molecule has 1 N–H and O–H groups in total. The largest absolute Gasteiger partial charge is 0.448 e. The van der Waals surface area contributed by atoms with Gasteiger partial charge in [0.15, 0.2) is 6.10 Å². The number of aryl methyl sites for hydroxylation is 1. The van der Waals surface area contributed by atoms with E-state index in [9.17, 15) is 18.4 Å². The van der Waals surface area contributed by atoms with Crippen LogP contribution in [-0.2, 0) is 9.53 Å². The van der Waals surface area contributed by atoms with Crippen LogP contribution in [0, 0.1) is 18.6 Å². The molecule has 0 saturated heterocycles. The summed E-state index contributed by atoms with van der Waals surface area (Å²) in [4.78, 5) is 29.2. The SMILES string of the molecule is Cc1nc(-c2ccc(F)cc2)sc1C(=O)O[C@H](C)C(=O)Nc1ccccc1F. The quantitative estimate of drug-likeness (QED) is 0.635. The standard InChI is InChI=1S/C20H16F2N2O3S/c1-11-17(28-19(23-11)13-7-9-14(21)10-8-13)20(26)27-12(2)18(25)24-16-6-4-3-5-15(16)22/h3-10,12H,1-2H3,(H,24,25)/t12-/m1/s1. The number of hydrogen-bond donors (Lipinski definition) is 1. The third kappa shape index (κ3) is 4.40. The zero-order valence-corrected chi connectivity index (χ0v) is 15.8. The second-order valence-corrected chi connectivity index (χ2v) is 6.96. The number of anilines is 1. The first-order valence-electron chi connectivity index (χ1n) is 8.35. The number of carbonyl (C=O) groups is 2. The number of thiazole rings is 1. The number of benzene rings is 2. The van der Waals surface area contributed by atoms with Gasteiger partial charge in [0, 0.05) is 5.56 Å². The Balaban J connectivity index is 1.69. The molecule has 3 aromatic rings. The molecule has 0 fully saturated rings. The van der Waals surface area contributed by atoms with Crippen LogP contribution in [0.15, 0.2) is 48.5 Å². The molecule has 2 aromatic carbocycles. The van der Waals surface area contributed by atoms with E-state index in [1.54, 1.807) is 25.1 Å². The summed E-state index contributed by atoms with van der Waals surface area (Å²) in [5.41, 5.74) is 1.11. The van der Waals surface area contributed by atoms with Gasteiger partial charge in [0.25, 0.3) is 5.91 Å². The first-order chi connectivity index (χ1) is 13.3. The van der Waals surface area contributed by atoms with E-state index in [1.807, 2.05) is 0 Å². The summed E-state index contributed by atoms with van der Waals surface area (Å²) in [6.07, 6.45) is -1.14. The van der Waals surface area contributed by atoms with Crippen molar-refractivity contribution in [3.8, 4) is 10.6 Å². The molecule has 28 heavy (non-hydrogen) atoms. The fourth-order valence-corrected chi connectivity index (χ4v) is 3.32. The van der Waals surface area contributed by atoms with Crippen LogP contribution in [0.25, 0.3) is 10.6 Å². The third-order valence-corrected chi connectivity index (χ3v) is 5.04. The minimum absolute atomic E-state index is 0.00275. The van der Waals surface area contributed by atoms with E-state index in [0.717, 1.165) is 11.3 Å². The first kappa shape index (κ1) is 19.6. The number of aromatic nitrogens is 1. The summed E-state index contributed by atoms with van der Waals surface area (Å²) < 4.78 is 31.9. The van der Waals surface area contributed by atoms with Gasteiger partial charge in [-0.05, 0) is 50.2 Å². The van der Waals surface area contributed by atoms with Gasteiger partial charge < -0.3 is 10.1 Å². The molecule has 1 heterocycles. The Bertz CT molecular complexity index is 1020. The Morgan fingerprint density at radius 3 is 2.46 bits per heavy atom. The molecule has 0 aliphatic carbocycles. The van der Waals surface area contributed by atoms with Crippen LogP contribution in [0.3, 0.4) is 0 Å². The van der Waals surface area contributed by atoms with E-state index >= 15 is 0 Å². The van der Waals surface area contributed by atoms with Crippen molar-refractivity contribution in [1.29, 1.82) is 0 Å². The molecule has 3 rings (SSSR count). The number of halogens is 2. The van der Waals surface area contributed by atoms with Gasteiger partial charge >= 0.3 is 5.97 Å². The van der Waals surface area contributed by atoms with Crippen molar-refractivity contribution in [3.05, 3.63) is 70.7 Å². The van der Waals surface area contributed by atoms with Crippen molar-refractivity contribution < 1.29 is 23.1 Å². The number of nitrogens with zero attached hydrogens (tertiary/aromatic N) is 1. The summed E-state index contributed by atoms with van der Waals surface area (Å²) in [6.45, 7) is 3.04. The molecule has 0 radical (unpaired) electrons. The smallest absolute Gasteiger partial charge is 0.351 e. The Morgan fingerprint density at radius 2 is 1.79 bits per heavy atom. The molecule has 1 amide bonds. The van der Waals surface area contributed by atoms with Crippen molar-refractivity contribution in [2.24, 2.45) is 0 Å². The molecule has 0 bridgehead atoms. The molecule has 144 valence electrons. The fraction of sp³-hybridized carbons (Fsp3) is 0.150. The van der Waals surface area contributed by atoms with Gasteiger partial charge in [0.05, 0.1) is 11.4 Å². The fourth-order valence-electron chi connectivity index (χ4n) is 2.37. The Labute approximate surface area is 164 Å². The van der Waals surface area contributed by atoms with Crippen molar-refractivity contribution in [1.82, 2.24) is 4.98 Å². The van der Waals surface area contributed by atoms with Crippen molar-refractivity contribution in [2.45, 2.75) is 20.0 Å². The van der Waals surface area contributed by atoms with E-state index in [0.29, 0.717) is 16.3 Å². The minimum Gasteiger partial charge on any atom is -0.448 e. The predicted molar refractivity (Wildman–Crippen MR) is 102 cm³/mol. The maximum atomic E-state index is 13.6. The van der Waals surface area contributed by atoms with E-state index < -0.39 is 23.8 Å². The Hall–Kier alpha value is -3.13. The number of amides is 1. The van der Waals surface area contributed by atoms with Crippen LogP contribution in [0.2, 0.25) is 0 Å². The monoisotopic (exact) mass is 402 g/mol. The van der Waals surface area contributed by atoms with Crippen LogP contribution < -0.4 is 5.32 Å². The van der Waals surface area contributed by atoms with Gasteiger partial charge in [-0.3, -0.25) is 4.79 Å². The highest BCUT2D eigenvalue weighted by atomic mass is 32.1. The highest BCUT2D eigenvalue weighted by Gasteiger charge is 2.23. The normalized spacial score (nSPS) is 11.7. The molecule has 1 atom stereocenters. The van der Waals surface area contributed by atoms with Crippen molar-refractivity contribution in [2.75, 3.05) is 5.32 Å². The number of nitrogens with one attached hydrogen (secondary N) is 1. The summed E-state index contributed by atoms with van der Waals surface area (Å²) in [5.74, 6) is -2.32.